The van der Waals surface area contributed by atoms with Gasteiger partial charge in [-0.05, 0) is 5.04 Å². The first-order chi connectivity index (χ1) is 3.12. The lowest BCUT2D eigenvalue weighted by molar-refractivity contribution is 0.661. The van der Waals surface area contributed by atoms with Crippen molar-refractivity contribution in [2.24, 2.45) is 0 Å². The first-order valence-corrected chi connectivity index (χ1v) is 4.22. The minimum Gasteiger partial charge on any atom is -0.126 e. The van der Waals surface area contributed by atoms with Crippen LogP contribution in [0.25, 0.3) is 0 Å². The molecule has 44 valence electrons. The summed E-state index contributed by atoms with van der Waals surface area (Å²) in [5, 5.41) is 0.488. The van der Waals surface area contributed by atoms with Crippen molar-refractivity contribution in [3.8, 4) is 0 Å². The molecule has 1 atom stereocenters. The monoisotopic (exact) mass is 136 g/mol. The quantitative estimate of drug-likeness (QED) is 0.395. The smallest absolute Gasteiger partial charge is 0.0244 e. The summed E-state index contributed by atoms with van der Waals surface area (Å²) in [4.78, 5) is 0. The molecule has 0 radical (unpaired) electrons. The summed E-state index contributed by atoms with van der Waals surface area (Å²) < 4.78 is 0. The highest BCUT2D eigenvalue weighted by Gasteiger charge is 2.11. The van der Waals surface area contributed by atoms with Gasteiger partial charge >= 0.3 is 0 Å². The Labute approximate surface area is 53.7 Å². The second-order valence-corrected chi connectivity index (χ2v) is 5.33. The van der Waals surface area contributed by atoms with Crippen molar-refractivity contribution in [3.05, 3.63) is 0 Å². The molecule has 0 aliphatic heterocycles. The van der Waals surface area contributed by atoms with E-state index in [-0.39, 0.29) is 0 Å². The summed E-state index contributed by atoms with van der Waals surface area (Å²) in [6.07, 6.45) is 1.22. The highest BCUT2D eigenvalue weighted by molar-refractivity contribution is 6.25. The molecule has 0 nitrogen and oxygen atoms in total. The van der Waals surface area contributed by atoms with Gasteiger partial charge < -0.3 is 0 Å². The fourth-order valence-corrected chi connectivity index (χ4v) is 0.283. The third-order valence-electron chi connectivity index (χ3n) is 1.32. The molecule has 7 heavy (non-hydrogen) atoms. The van der Waals surface area contributed by atoms with E-state index in [1.165, 1.54) is 16.7 Å². The van der Waals surface area contributed by atoms with E-state index in [0.717, 1.165) is 5.88 Å². The van der Waals surface area contributed by atoms with E-state index in [9.17, 15) is 0 Å². The van der Waals surface area contributed by atoms with Gasteiger partial charge in [-0.2, -0.15) is 0 Å². The van der Waals surface area contributed by atoms with E-state index in [4.69, 9.17) is 11.6 Å². The van der Waals surface area contributed by atoms with Gasteiger partial charge in [0.25, 0.3) is 0 Å². The van der Waals surface area contributed by atoms with E-state index >= 15 is 0 Å². The summed E-state index contributed by atoms with van der Waals surface area (Å²) in [6.45, 7) is 4.42. The van der Waals surface area contributed by atoms with E-state index < -0.39 is 0 Å². The molecule has 2 heteroatoms. The van der Waals surface area contributed by atoms with Crippen LogP contribution in [-0.2, 0) is 0 Å². The highest BCUT2D eigenvalue weighted by Crippen LogP contribution is 2.25. The molecule has 0 aliphatic rings. The zero-order chi connectivity index (χ0) is 5.91. The Morgan fingerprint density at radius 3 is 2.14 bits per heavy atom. The third-order valence-corrected chi connectivity index (χ3v) is 3.55. The van der Waals surface area contributed by atoms with Gasteiger partial charge in [-0.25, -0.2) is 0 Å². The maximum atomic E-state index is 5.63. The topological polar surface area (TPSA) is 0 Å². The molecule has 0 aromatic rings. The summed E-state index contributed by atoms with van der Waals surface area (Å²) in [7, 11) is 1.22. The van der Waals surface area contributed by atoms with Crippen LogP contribution in [0.3, 0.4) is 0 Å². The van der Waals surface area contributed by atoms with Crippen molar-refractivity contribution in [2.75, 3.05) is 5.88 Å². The minimum atomic E-state index is 0.488. The SMILES string of the molecule is CC[C@@](C)([SiH3])CCl. The zero-order valence-corrected chi connectivity index (χ0v) is 8.05. The molecular formula is C5H13ClSi. The molecule has 0 amide bonds. The third kappa shape index (κ3) is 3.12. The molecule has 0 aromatic heterocycles. The maximum absolute atomic E-state index is 5.63. The fourth-order valence-electron chi connectivity index (χ4n) is 0.0945. The van der Waals surface area contributed by atoms with Gasteiger partial charge in [-0.15, -0.1) is 11.6 Å². The standard InChI is InChI=1S/C5H13ClSi/c1-3-5(2,7)4-6/h3-4H2,1-2,7H3/t5-/m1/s1. The Kier molecular flexibility index (Phi) is 2.92. The van der Waals surface area contributed by atoms with Crippen molar-refractivity contribution < 1.29 is 0 Å². The fraction of sp³-hybridized carbons (Fsp3) is 1.00. The minimum absolute atomic E-state index is 0.488. The summed E-state index contributed by atoms with van der Waals surface area (Å²) >= 11 is 5.63. The van der Waals surface area contributed by atoms with Crippen LogP contribution in [0.2, 0.25) is 5.04 Å². The van der Waals surface area contributed by atoms with Crippen molar-refractivity contribution in [1.82, 2.24) is 0 Å². The van der Waals surface area contributed by atoms with Crippen LogP contribution < -0.4 is 0 Å². The average Bonchev–Trinajstić information content (AvgIpc) is 1.68. The van der Waals surface area contributed by atoms with Gasteiger partial charge in [0.2, 0.25) is 0 Å². The van der Waals surface area contributed by atoms with Gasteiger partial charge in [-0.3, -0.25) is 0 Å². The van der Waals surface area contributed by atoms with E-state index in [2.05, 4.69) is 13.8 Å². The Morgan fingerprint density at radius 2 is 2.14 bits per heavy atom. The van der Waals surface area contributed by atoms with Crippen molar-refractivity contribution >= 4 is 21.8 Å². The number of alkyl halides is 1. The molecule has 0 bridgehead atoms. The van der Waals surface area contributed by atoms with Gasteiger partial charge in [-0.1, -0.05) is 20.3 Å². The first-order valence-electron chi connectivity index (χ1n) is 2.68. The average molecular weight is 137 g/mol. The summed E-state index contributed by atoms with van der Waals surface area (Å²) in [6, 6.07) is 0. The molecule has 0 rings (SSSR count). The number of rotatable bonds is 2. The maximum Gasteiger partial charge on any atom is 0.0244 e. The Bertz CT molecular complexity index is 46.0. The second kappa shape index (κ2) is 2.73. The predicted octanol–water partition coefficient (Wildman–Crippen LogP) is 1.18. The van der Waals surface area contributed by atoms with Gasteiger partial charge in [0.05, 0.1) is 0 Å². The predicted molar refractivity (Wildman–Crippen MR) is 39.3 cm³/mol. The van der Waals surface area contributed by atoms with Crippen LogP contribution in [-0.4, -0.2) is 16.1 Å². The number of hydrogen-bond acceptors (Lipinski definition) is 0. The molecule has 0 aromatic carbocycles. The van der Waals surface area contributed by atoms with Crippen LogP contribution in [0, 0.1) is 0 Å². The van der Waals surface area contributed by atoms with Gasteiger partial charge in [0, 0.05) is 16.1 Å². The molecule has 0 heterocycles. The zero-order valence-electron chi connectivity index (χ0n) is 5.29. The lowest BCUT2D eigenvalue weighted by Gasteiger charge is -2.17. The molecule has 0 spiro atoms. The van der Waals surface area contributed by atoms with Crippen LogP contribution >= 0.6 is 11.6 Å². The Morgan fingerprint density at radius 1 is 1.71 bits per heavy atom. The van der Waals surface area contributed by atoms with E-state index in [1.54, 1.807) is 0 Å². The molecule has 0 saturated heterocycles. The number of halogens is 1. The van der Waals surface area contributed by atoms with Crippen LogP contribution in [0.5, 0.6) is 0 Å². The van der Waals surface area contributed by atoms with Gasteiger partial charge in [0.15, 0.2) is 0 Å². The van der Waals surface area contributed by atoms with Crippen LogP contribution in [0.1, 0.15) is 20.3 Å². The normalized spacial score (nSPS) is 19.3. The van der Waals surface area contributed by atoms with Crippen molar-refractivity contribution in [3.63, 3.8) is 0 Å². The molecule has 0 fully saturated rings. The molecule has 0 aliphatic carbocycles. The molecule has 0 unspecified atom stereocenters. The van der Waals surface area contributed by atoms with Crippen molar-refractivity contribution in [2.45, 2.75) is 25.3 Å². The molecular weight excluding hydrogens is 124 g/mol. The number of hydrogen-bond donors (Lipinski definition) is 0. The lowest BCUT2D eigenvalue weighted by atomic mass is 10.1. The van der Waals surface area contributed by atoms with Crippen molar-refractivity contribution in [1.29, 1.82) is 0 Å². The second-order valence-electron chi connectivity index (χ2n) is 2.65. The Hall–Kier alpha value is 0.507. The molecule has 0 saturated carbocycles. The van der Waals surface area contributed by atoms with E-state index in [0.29, 0.717) is 5.04 Å². The largest absolute Gasteiger partial charge is 0.126 e. The van der Waals surface area contributed by atoms with Crippen LogP contribution in [0.4, 0.5) is 0 Å². The summed E-state index contributed by atoms with van der Waals surface area (Å²) in [5.74, 6) is 0.829. The lowest BCUT2D eigenvalue weighted by Crippen LogP contribution is -2.06. The first kappa shape index (κ1) is 7.51. The van der Waals surface area contributed by atoms with E-state index in [1.807, 2.05) is 0 Å². The molecule has 0 N–H and O–H groups in total. The van der Waals surface area contributed by atoms with Gasteiger partial charge in [0.1, 0.15) is 0 Å². The Balaban J connectivity index is 3.36. The summed E-state index contributed by atoms with van der Waals surface area (Å²) in [5.41, 5.74) is 0. The highest BCUT2D eigenvalue weighted by atomic mass is 35.5. The van der Waals surface area contributed by atoms with Crippen LogP contribution in [0.15, 0.2) is 0 Å².